The third-order valence-electron chi connectivity index (χ3n) is 2.10. The number of thiocarbonyl (C=S) groups is 1. The molecule has 2 aromatic rings. The fourth-order valence-corrected chi connectivity index (χ4v) is 2.37. The average molecular weight is 221 g/mol. The second-order valence-electron chi connectivity index (χ2n) is 2.86. The molecule has 0 amide bonds. The quantitative estimate of drug-likeness (QED) is 0.548. The molecular weight excluding hydrogens is 214 g/mol. The van der Waals surface area contributed by atoms with Crippen LogP contribution in [0.3, 0.4) is 0 Å². The number of aryl methyl sites for hydroxylation is 2. The molecule has 0 radical (unpaired) electrons. The van der Waals surface area contributed by atoms with Crippen molar-refractivity contribution in [1.29, 1.82) is 0 Å². The fraction of sp³-hybridized carbons (Fsp3) is 0.222. The van der Waals surface area contributed by atoms with Crippen LogP contribution in [0.5, 0.6) is 0 Å². The van der Waals surface area contributed by atoms with Gasteiger partial charge >= 0.3 is 0 Å². The Morgan fingerprint density at radius 1 is 1.43 bits per heavy atom. The second-order valence-corrected chi connectivity index (χ2v) is 4.25. The zero-order chi connectivity index (χ0) is 10.1. The van der Waals surface area contributed by atoms with E-state index in [1.165, 1.54) is 16.8 Å². The number of hydrogen-bond donors (Lipinski definition) is 0. The van der Waals surface area contributed by atoms with E-state index in [1.54, 1.807) is 11.3 Å². The monoisotopic (exact) mass is 221 g/mol. The third kappa shape index (κ3) is 1.35. The molecule has 0 fully saturated rings. The molecule has 0 aliphatic rings. The first-order valence-electron chi connectivity index (χ1n) is 4.02. The van der Waals surface area contributed by atoms with E-state index < -0.39 is 0 Å². The Morgan fingerprint density at radius 3 is 2.93 bits per heavy atom. The molecule has 2 heterocycles. The average Bonchev–Trinajstić information content (AvgIpc) is 2.45. The molecule has 0 aliphatic heterocycles. The molecule has 14 heavy (non-hydrogen) atoms. The van der Waals surface area contributed by atoms with Gasteiger partial charge in [0.2, 0.25) is 0 Å². The van der Waals surface area contributed by atoms with Crippen molar-refractivity contribution in [1.82, 2.24) is 9.97 Å². The fourth-order valence-electron chi connectivity index (χ4n) is 1.29. The number of rotatable bonds is 1. The van der Waals surface area contributed by atoms with E-state index in [0.29, 0.717) is 5.82 Å². The summed E-state index contributed by atoms with van der Waals surface area (Å²) in [4.78, 5) is 14.4. The lowest BCUT2D eigenvalue weighted by Gasteiger charge is -1.94. The van der Waals surface area contributed by atoms with Gasteiger partial charge < -0.3 is 0 Å². The van der Waals surface area contributed by atoms with Gasteiger partial charge in [0.1, 0.15) is 11.2 Å². The van der Waals surface area contributed by atoms with Crippen molar-refractivity contribution in [3.05, 3.63) is 16.8 Å². The zero-order valence-corrected chi connectivity index (χ0v) is 9.37. The molecule has 0 unspecified atom stereocenters. The summed E-state index contributed by atoms with van der Waals surface area (Å²) in [5, 5.41) is 3.33. The maximum atomic E-state index is 4.57. The van der Waals surface area contributed by atoms with Gasteiger partial charge in [-0.05, 0) is 31.6 Å². The SMILES string of the molecule is Cc1sc2ncnc(N=C=S)c2c1C. The van der Waals surface area contributed by atoms with E-state index in [-0.39, 0.29) is 0 Å². The van der Waals surface area contributed by atoms with Crippen molar-refractivity contribution in [2.75, 3.05) is 0 Å². The minimum Gasteiger partial charge on any atom is -0.225 e. The van der Waals surface area contributed by atoms with Crippen molar-refractivity contribution in [3.8, 4) is 0 Å². The van der Waals surface area contributed by atoms with Crippen LogP contribution in [0.2, 0.25) is 0 Å². The van der Waals surface area contributed by atoms with Gasteiger partial charge in [-0.1, -0.05) is 0 Å². The van der Waals surface area contributed by atoms with Crippen LogP contribution in [0.25, 0.3) is 10.2 Å². The van der Waals surface area contributed by atoms with Crippen molar-refractivity contribution in [2.45, 2.75) is 13.8 Å². The smallest absolute Gasteiger partial charge is 0.174 e. The van der Waals surface area contributed by atoms with E-state index in [0.717, 1.165) is 10.2 Å². The molecule has 0 N–H and O–H groups in total. The van der Waals surface area contributed by atoms with Gasteiger partial charge in [-0.25, -0.2) is 9.97 Å². The highest BCUT2D eigenvalue weighted by molar-refractivity contribution is 7.78. The highest BCUT2D eigenvalue weighted by atomic mass is 32.1. The van der Waals surface area contributed by atoms with Crippen LogP contribution in [0.4, 0.5) is 5.82 Å². The first-order chi connectivity index (χ1) is 6.74. The third-order valence-corrected chi connectivity index (χ3v) is 3.30. The molecule has 2 aromatic heterocycles. The van der Waals surface area contributed by atoms with Crippen LogP contribution in [0.1, 0.15) is 10.4 Å². The van der Waals surface area contributed by atoms with Crippen LogP contribution < -0.4 is 0 Å². The number of isothiocyanates is 1. The van der Waals surface area contributed by atoms with E-state index in [9.17, 15) is 0 Å². The van der Waals surface area contributed by atoms with E-state index >= 15 is 0 Å². The number of aliphatic imine (C=N–C) groups is 1. The minimum atomic E-state index is 0.617. The number of thiophene rings is 1. The highest BCUT2D eigenvalue weighted by Gasteiger charge is 2.10. The minimum absolute atomic E-state index is 0.617. The van der Waals surface area contributed by atoms with E-state index in [1.807, 2.05) is 6.92 Å². The predicted molar refractivity (Wildman–Crippen MR) is 61.6 cm³/mol. The van der Waals surface area contributed by atoms with Gasteiger partial charge in [0.05, 0.1) is 10.5 Å². The molecule has 0 spiro atoms. The van der Waals surface area contributed by atoms with Crippen LogP contribution >= 0.6 is 23.6 Å². The molecule has 0 bridgehead atoms. The molecule has 0 saturated carbocycles. The molecule has 2 rings (SSSR count). The summed E-state index contributed by atoms with van der Waals surface area (Å²) in [7, 11) is 0. The van der Waals surface area contributed by atoms with Gasteiger partial charge in [-0.2, -0.15) is 4.99 Å². The van der Waals surface area contributed by atoms with Gasteiger partial charge in [0.15, 0.2) is 5.82 Å². The van der Waals surface area contributed by atoms with Gasteiger partial charge in [-0.15, -0.1) is 11.3 Å². The summed E-state index contributed by atoms with van der Waals surface area (Å²) in [6.45, 7) is 4.10. The zero-order valence-electron chi connectivity index (χ0n) is 7.74. The summed E-state index contributed by atoms with van der Waals surface area (Å²) in [6.07, 6.45) is 1.50. The molecule has 70 valence electrons. The Kier molecular flexibility index (Phi) is 2.37. The van der Waals surface area contributed by atoms with Gasteiger partial charge in [-0.3, -0.25) is 0 Å². The lowest BCUT2D eigenvalue weighted by atomic mass is 10.2. The number of hydrogen-bond acceptors (Lipinski definition) is 5. The molecular formula is C9H7N3S2. The van der Waals surface area contributed by atoms with Crippen LogP contribution in [-0.2, 0) is 0 Å². The standard InChI is InChI=1S/C9H7N3S2/c1-5-6(2)14-9-7(5)8(12-4-13)10-3-11-9/h3H,1-2H3. The normalized spacial score (nSPS) is 10.1. The summed E-state index contributed by atoms with van der Waals surface area (Å²) in [5.41, 5.74) is 1.18. The van der Waals surface area contributed by atoms with Crippen molar-refractivity contribution >= 4 is 44.8 Å². The topological polar surface area (TPSA) is 38.1 Å². The second kappa shape index (κ2) is 3.53. The molecule has 3 nitrogen and oxygen atoms in total. The molecule has 0 aliphatic carbocycles. The summed E-state index contributed by atoms with van der Waals surface area (Å²) in [5.74, 6) is 0.617. The predicted octanol–water partition coefficient (Wildman–Crippen LogP) is 3.04. The largest absolute Gasteiger partial charge is 0.225 e. The van der Waals surface area contributed by atoms with Crippen molar-refractivity contribution in [2.24, 2.45) is 4.99 Å². The molecule has 0 atom stereocenters. The van der Waals surface area contributed by atoms with Gasteiger partial charge in [0, 0.05) is 4.88 Å². The lowest BCUT2D eigenvalue weighted by molar-refractivity contribution is 1.21. The Labute approximate surface area is 90.5 Å². The van der Waals surface area contributed by atoms with Crippen LogP contribution in [-0.4, -0.2) is 15.1 Å². The molecule has 0 saturated heterocycles. The van der Waals surface area contributed by atoms with Crippen molar-refractivity contribution < 1.29 is 0 Å². The van der Waals surface area contributed by atoms with E-state index in [2.05, 4.69) is 39.3 Å². The maximum absolute atomic E-state index is 4.57. The van der Waals surface area contributed by atoms with Crippen molar-refractivity contribution in [3.63, 3.8) is 0 Å². The molecule has 0 aromatic carbocycles. The Hall–Kier alpha value is -1.16. The number of fused-ring (bicyclic) bond motifs is 1. The molecule has 5 heteroatoms. The van der Waals surface area contributed by atoms with Crippen LogP contribution in [0.15, 0.2) is 11.3 Å². The Balaban J connectivity index is 2.90. The number of nitrogens with zero attached hydrogens (tertiary/aromatic N) is 3. The maximum Gasteiger partial charge on any atom is 0.174 e. The Morgan fingerprint density at radius 2 is 2.21 bits per heavy atom. The summed E-state index contributed by atoms with van der Waals surface area (Å²) >= 11 is 6.22. The summed E-state index contributed by atoms with van der Waals surface area (Å²) < 4.78 is 0. The van der Waals surface area contributed by atoms with Crippen LogP contribution in [0, 0.1) is 13.8 Å². The summed E-state index contributed by atoms with van der Waals surface area (Å²) in [6, 6.07) is 0. The first kappa shape index (κ1) is 9.40. The van der Waals surface area contributed by atoms with E-state index in [4.69, 9.17) is 0 Å². The Bertz CT molecular complexity index is 538. The first-order valence-corrected chi connectivity index (χ1v) is 5.25. The highest BCUT2D eigenvalue weighted by Crippen LogP contribution is 2.33. The van der Waals surface area contributed by atoms with Gasteiger partial charge in [0.25, 0.3) is 0 Å². The lowest BCUT2D eigenvalue weighted by Crippen LogP contribution is -1.80. The number of aromatic nitrogens is 2.